The predicted octanol–water partition coefficient (Wildman–Crippen LogP) is 3.67. The third-order valence-corrected chi connectivity index (χ3v) is 5.26. The van der Waals surface area contributed by atoms with E-state index in [-0.39, 0.29) is 5.91 Å². The summed E-state index contributed by atoms with van der Waals surface area (Å²) in [6.45, 7) is 2.29. The maximum absolute atomic E-state index is 12.3. The molecule has 1 heterocycles. The second-order valence-electron chi connectivity index (χ2n) is 7.10. The Bertz CT molecular complexity index is 929. The smallest absolute Gasteiger partial charge is 0.248 e. The van der Waals surface area contributed by atoms with Crippen LogP contribution in [0, 0.1) is 0 Å². The van der Waals surface area contributed by atoms with Crippen LogP contribution < -0.4 is 21.7 Å². The van der Waals surface area contributed by atoms with E-state index in [0.717, 1.165) is 25.9 Å². The number of nitrogens with one attached hydrogen (secondary N) is 3. The van der Waals surface area contributed by atoms with E-state index in [4.69, 9.17) is 29.6 Å². The lowest BCUT2D eigenvalue weighted by Crippen LogP contribution is -2.36. The van der Waals surface area contributed by atoms with Crippen molar-refractivity contribution in [3.63, 3.8) is 0 Å². The van der Waals surface area contributed by atoms with Gasteiger partial charge in [-0.1, -0.05) is 18.0 Å². The molecule has 0 aliphatic carbocycles. The van der Waals surface area contributed by atoms with Crippen molar-refractivity contribution in [2.24, 2.45) is 5.73 Å². The lowest BCUT2D eigenvalue weighted by Gasteiger charge is -2.25. The molecule has 1 saturated heterocycles. The number of anilines is 3. The van der Waals surface area contributed by atoms with E-state index in [2.05, 4.69) is 20.9 Å². The molecule has 158 valence electrons. The van der Waals surface area contributed by atoms with Crippen LogP contribution in [-0.2, 0) is 4.79 Å². The van der Waals surface area contributed by atoms with Gasteiger partial charge in [-0.15, -0.1) is 0 Å². The number of piperidine rings is 1. The van der Waals surface area contributed by atoms with Gasteiger partial charge in [-0.05, 0) is 80.6 Å². The maximum atomic E-state index is 12.3. The molecule has 9 heteroatoms. The van der Waals surface area contributed by atoms with Gasteiger partial charge >= 0.3 is 0 Å². The summed E-state index contributed by atoms with van der Waals surface area (Å²) in [7, 11) is 0. The van der Waals surface area contributed by atoms with Gasteiger partial charge in [-0.3, -0.25) is 14.5 Å². The van der Waals surface area contributed by atoms with Crippen molar-refractivity contribution in [1.82, 2.24) is 4.90 Å². The lowest BCUT2D eigenvalue weighted by molar-refractivity contribution is -0.117. The Labute approximate surface area is 186 Å². The fourth-order valence-electron chi connectivity index (χ4n) is 3.22. The number of nitrogens with zero attached hydrogens (tertiary/aromatic N) is 1. The fourth-order valence-corrected chi connectivity index (χ4v) is 3.68. The minimum absolute atomic E-state index is 0.0731. The summed E-state index contributed by atoms with van der Waals surface area (Å²) in [4.78, 5) is 25.6. The van der Waals surface area contributed by atoms with Crippen LogP contribution in [-0.4, -0.2) is 41.5 Å². The zero-order chi connectivity index (χ0) is 21.5. The molecule has 0 spiro atoms. The summed E-state index contributed by atoms with van der Waals surface area (Å²) in [5, 5.41) is 9.70. The standard InChI is InChI=1S/C21H24ClN5O2S/c22-17-12-16(25-21(30)24-15-6-4-14(5-7-15)20(23)29)8-9-18(17)26-19(28)13-27-10-2-1-3-11-27/h4-9,12H,1-3,10-11,13H2,(H2,23,29)(H,26,28)(H2,24,25,30). The molecule has 1 aliphatic heterocycles. The van der Waals surface area contributed by atoms with Gasteiger partial charge in [0.15, 0.2) is 5.11 Å². The number of carbonyl (C=O) groups is 2. The Morgan fingerprint density at radius 2 is 1.60 bits per heavy atom. The number of hydrogen-bond acceptors (Lipinski definition) is 4. The maximum Gasteiger partial charge on any atom is 0.248 e. The Morgan fingerprint density at radius 3 is 2.23 bits per heavy atom. The highest BCUT2D eigenvalue weighted by molar-refractivity contribution is 7.80. The minimum Gasteiger partial charge on any atom is -0.366 e. The third kappa shape index (κ3) is 6.41. The first-order chi connectivity index (χ1) is 14.4. The van der Waals surface area contributed by atoms with Crippen molar-refractivity contribution in [1.29, 1.82) is 0 Å². The molecule has 1 fully saturated rings. The summed E-state index contributed by atoms with van der Waals surface area (Å²) in [5.74, 6) is -0.559. The largest absolute Gasteiger partial charge is 0.366 e. The normalized spacial score (nSPS) is 14.0. The number of amides is 2. The summed E-state index contributed by atoms with van der Waals surface area (Å²) in [6, 6.07) is 11.9. The molecule has 2 aromatic carbocycles. The van der Waals surface area contributed by atoms with E-state index in [0.29, 0.717) is 39.3 Å². The Balaban J connectivity index is 1.53. The first-order valence-electron chi connectivity index (χ1n) is 9.70. The SMILES string of the molecule is NC(=O)c1ccc(NC(=S)Nc2ccc(NC(=O)CN3CCCCC3)c(Cl)c2)cc1. The van der Waals surface area contributed by atoms with Gasteiger partial charge < -0.3 is 21.7 Å². The van der Waals surface area contributed by atoms with Crippen molar-refractivity contribution in [3.8, 4) is 0 Å². The van der Waals surface area contributed by atoms with E-state index in [9.17, 15) is 9.59 Å². The van der Waals surface area contributed by atoms with Crippen LogP contribution >= 0.6 is 23.8 Å². The number of nitrogens with two attached hydrogens (primary N) is 1. The first kappa shape index (κ1) is 22.0. The monoisotopic (exact) mass is 445 g/mol. The topological polar surface area (TPSA) is 99.5 Å². The van der Waals surface area contributed by atoms with Crippen LogP contribution in [0.3, 0.4) is 0 Å². The first-order valence-corrected chi connectivity index (χ1v) is 10.5. The number of halogens is 1. The molecule has 0 bridgehead atoms. The molecular weight excluding hydrogens is 422 g/mol. The number of primary amides is 1. The lowest BCUT2D eigenvalue weighted by atomic mass is 10.1. The average Bonchev–Trinajstić information content (AvgIpc) is 2.71. The zero-order valence-electron chi connectivity index (χ0n) is 16.4. The molecule has 7 nitrogen and oxygen atoms in total. The summed E-state index contributed by atoms with van der Waals surface area (Å²) >= 11 is 11.6. The number of hydrogen-bond donors (Lipinski definition) is 4. The molecule has 3 rings (SSSR count). The third-order valence-electron chi connectivity index (χ3n) is 4.74. The van der Waals surface area contributed by atoms with Gasteiger partial charge in [-0.2, -0.15) is 0 Å². The van der Waals surface area contributed by atoms with Crippen LogP contribution in [0.2, 0.25) is 5.02 Å². The van der Waals surface area contributed by atoms with Crippen LogP contribution in [0.25, 0.3) is 0 Å². The van der Waals surface area contributed by atoms with Crippen LogP contribution in [0.4, 0.5) is 17.1 Å². The van der Waals surface area contributed by atoms with E-state index in [1.807, 2.05) is 0 Å². The Hall–Kier alpha value is -2.68. The number of benzene rings is 2. The van der Waals surface area contributed by atoms with Gasteiger partial charge in [0.1, 0.15) is 0 Å². The van der Waals surface area contributed by atoms with Crippen LogP contribution in [0.15, 0.2) is 42.5 Å². The highest BCUT2D eigenvalue weighted by Gasteiger charge is 2.15. The number of thiocarbonyl (C=S) groups is 1. The van der Waals surface area contributed by atoms with Gasteiger partial charge in [0.2, 0.25) is 11.8 Å². The zero-order valence-corrected chi connectivity index (χ0v) is 18.0. The Morgan fingerprint density at radius 1 is 0.967 bits per heavy atom. The summed E-state index contributed by atoms with van der Waals surface area (Å²) < 4.78 is 0. The molecule has 0 atom stereocenters. The highest BCUT2D eigenvalue weighted by atomic mass is 35.5. The molecule has 2 amide bonds. The van der Waals surface area contributed by atoms with E-state index in [1.165, 1.54) is 6.42 Å². The average molecular weight is 446 g/mol. The van der Waals surface area contributed by atoms with E-state index >= 15 is 0 Å². The second kappa shape index (κ2) is 10.4. The number of rotatable bonds is 6. The molecule has 0 unspecified atom stereocenters. The number of carbonyl (C=O) groups excluding carboxylic acids is 2. The summed E-state index contributed by atoms with van der Waals surface area (Å²) in [5.41, 5.74) is 7.61. The molecule has 2 aromatic rings. The second-order valence-corrected chi connectivity index (χ2v) is 7.92. The van der Waals surface area contributed by atoms with Gasteiger partial charge in [0.25, 0.3) is 0 Å². The van der Waals surface area contributed by atoms with E-state index in [1.54, 1.807) is 42.5 Å². The summed E-state index contributed by atoms with van der Waals surface area (Å²) in [6.07, 6.45) is 3.50. The van der Waals surface area contributed by atoms with Crippen molar-refractivity contribution in [2.45, 2.75) is 19.3 Å². The van der Waals surface area contributed by atoms with Crippen LogP contribution in [0.1, 0.15) is 29.6 Å². The van der Waals surface area contributed by atoms with Crippen molar-refractivity contribution >= 4 is 57.8 Å². The van der Waals surface area contributed by atoms with Gasteiger partial charge in [0, 0.05) is 16.9 Å². The molecule has 1 aliphatic rings. The molecule has 0 radical (unpaired) electrons. The number of likely N-dealkylation sites (tertiary alicyclic amines) is 1. The minimum atomic E-state index is -0.486. The molecule has 0 aromatic heterocycles. The molecule has 30 heavy (non-hydrogen) atoms. The predicted molar refractivity (Wildman–Crippen MR) is 125 cm³/mol. The highest BCUT2D eigenvalue weighted by Crippen LogP contribution is 2.26. The van der Waals surface area contributed by atoms with Crippen molar-refractivity contribution in [2.75, 3.05) is 35.6 Å². The quantitative estimate of drug-likeness (QED) is 0.506. The van der Waals surface area contributed by atoms with Crippen molar-refractivity contribution < 1.29 is 9.59 Å². The molecule has 5 N–H and O–H groups in total. The Kier molecular flexibility index (Phi) is 7.62. The van der Waals surface area contributed by atoms with Gasteiger partial charge in [-0.25, -0.2) is 0 Å². The molecule has 0 saturated carbocycles. The fraction of sp³-hybridized carbons (Fsp3) is 0.286. The van der Waals surface area contributed by atoms with Crippen molar-refractivity contribution in [3.05, 3.63) is 53.1 Å². The van der Waals surface area contributed by atoms with Gasteiger partial charge in [0.05, 0.1) is 17.3 Å². The van der Waals surface area contributed by atoms with E-state index < -0.39 is 5.91 Å². The molecular formula is C21H24ClN5O2S. The van der Waals surface area contributed by atoms with Crippen LogP contribution in [0.5, 0.6) is 0 Å².